The highest BCUT2D eigenvalue weighted by Crippen LogP contribution is 2.12. The molecule has 0 amide bonds. The Morgan fingerprint density at radius 3 is 2.83 bits per heavy atom. The smallest absolute Gasteiger partial charge is 0.0834 e. The van der Waals surface area contributed by atoms with Crippen LogP contribution in [0.4, 0.5) is 0 Å². The van der Waals surface area contributed by atoms with Crippen LogP contribution in [0.3, 0.4) is 0 Å². The Hall–Kier alpha value is -1.34. The Bertz CT molecular complexity index is 408. The molecule has 0 bridgehead atoms. The summed E-state index contributed by atoms with van der Waals surface area (Å²) >= 11 is 0. The molecule has 3 nitrogen and oxygen atoms in total. The second-order valence-electron chi connectivity index (χ2n) is 4.27. The topological polar surface area (TPSA) is 38.7 Å². The molecule has 3 heteroatoms. The van der Waals surface area contributed by atoms with Crippen molar-refractivity contribution in [3.05, 3.63) is 35.4 Å². The number of aliphatic hydroxyl groups is 1. The molecule has 1 aromatic carbocycles. The molecular weight excluding hydrogens is 228 g/mol. The Labute approximate surface area is 108 Å². The maximum atomic E-state index is 8.63. The van der Waals surface area contributed by atoms with Crippen molar-refractivity contribution in [2.75, 3.05) is 19.8 Å². The van der Waals surface area contributed by atoms with Gasteiger partial charge in [0, 0.05) is 18.6 Å². The second kappa shape index (κ2) is 7.17. The van der Waals surface area contributed by atoms with E-state index in [0.29, 0.717) is 19.6 Å². The summed E-state index contributed by atoms with van der Waals surface area (Å²) in [4.78, 5) is 0. The van der Waals surface area contributed by atoms with E-state index in [-0.39, 0.29) is 12.7 Å². The van der Waals surface area contributed by atoms with Crippen molar-refractivity contribution in [2.24, 2.45) is 0 Å². The van der Waals surface area contributed by atoms with Crippen LogP contribution >= 0.6 is 0 Å². The summed E-state index contributed by atoms with van der Waals surface area (Å²) in [7, 11) is 0. The Kier molecular flexibility index (Phi) is 5.22. The largest absolute Gasteiger partial charge is 0.395 e. The van der Waals surface area contributed by atoms with Gasteiger partial charge in [-0.3, -0.25) is 0 Å². The van der Waals surface area contributed by atoms with Crippen LogP contribution in [0, 0.1) is 11.8 Å². The predicted molar refractivity (Wildman–Crippen MR) is 69.0 cm³/mol. The molecule has 1 saturated heterocycles. The molecule has 2 rings (SSSR count). The van der Waals surface area contributed by atoms with Crippen LogP contribution in [0.15, 0.2) is 24.3 Å². The summed E-state index contributed by atoms with van der Waals surface area (Å²) in [6.07, 6.45) is 1.76. The summed E-state index contributed by atoms with van der Waals surface area (Å²) in [5.74, 6) is 5.90. The van der Waals surface area contributed by atoms with Crippen molar-refractivity contribution in [3.63, 3.8) is 0 Å². The van der Waals surface area contributed by atoms with Crippen molar-refractivity contribution in [2.45, 2.75) is 25.6 Å². The lowest BCUT2D eigenvalue weighted by Gasteiger charge is -2.09. The summed E-state index contributed by atoms with van der Waals surface area (Å²) in [5, 5.41) is 8.63. The molecule has 96 valence electrons. The number of benzene rings is 1. The zero-order valence-corrected chi connectivity index (χ0v) is 10.4. The van der Waals surface area contributed by atoms with Crippen molar-refractivity contribution in [3.8, 4) is 11.8 Å². The standard InChI is InChI=1S/C15H18O3/c16-9-2-1-3-13-4-6-14(7-5-13)11-18-15-8-10-17-12-15/h4-7,15-16H,2,8-12H2. The third-order valence-electron chi connectivity index (χ3n) is 2.80. The number of hydrogen-bond acceptors (Lipinski definition) is 3. The Morgan fingerprint density at radius 2 is 2.17 bits per heavy atom. The van der Waals surface area contributed by atoms with Crippen molar-refractivity contribution in [1.82, 2.24) is 0 Å². The van der Waals surface area contributed by atoms with Crippen molar-refractivity contribution < 1.29 is 14.6 Å². The van der Waals surface area contributed by atoms with Crippen molar-refractivity contribution in [1.29, 1.82) is 0 Å². The molecule has 18 heavy (non-hydrogen) atoms. The maximum absolute atomic E-state index is 8.63. The minimum Gasteiger partial charge on any atom is -0.395 e. The third-order valence-corrected chi connectivity index (χ3v) is 2.80. The quantitative estimate of drug-likeness (QED) is 0.822. The minimum absolute atomic E-state index is 0.113. The first kappa shape index (κ1) is 13.1. The molecule has 1 heterocycles. The number of aliphatic hydroxyl groups excluding tert-OH is 1. The first-order valence-corrected chi connectivity index (χ1v) is 6.26. The van der Waals surface area contributed by atoms with Crippen LogP contribution in [0.25, 0.3) is 0 Å². The van der Waals surface area contributed by atoms with Gasteiger partial charge >= 0.3 is 0 Å². The van der Waals surface area contributed by atoms with E-state index in [2.05, 4.69) is 11.8 Å². The highest BCUT2D eigenvalue weighted by Gasteiger charge is 2.15. The van der Waals surface area contributed by atoms with E-state index in [9.17, 15) is 0 Å². The Balaban J connectivity index is 1.81. The normalized spacial score (nSPS) is 18.4. The average molecular weight is 246 g/mol. The van der Waals surface area contributed by atoms with Gasteiger partial charge in [0.25, 0.3) is 0 Å². The predicted octanol–water partition coefficient (Wildman–Crippen LogP) is 1.73. The van der Waals surface area contributed by atoms with Crippen LogP contribution in [0.5, 0.6) is 0 Å². The second-order valence-corrected chi connectivity index (χ2v) is 4.27. The number of rotatable bonds is 4. The zero-order chi connectivity index (χ0) is 12.6. The SMILES string of the molecule is OCCC#Cc1ccc(COC2CCOC2)cc1. The molecule has 1 aliphatic rings. The molecule has 1 N–H and O–H groups in total. The van der Waals surface area contributed by atoms with Crippen LogP contribution in [0.1, 0.15) is 24.0 Å². The third kappa shape index (κ3) is 4.15. The van der Waals surface area contributed by atoms with E-state index < -0.39 is 0 Å². The van der Waals surface area contributed by atoms with Gasteiger partial charge in [-0.15, -0.1) is 0 Å². The highest BCUT2D eigenvalue weighted by atomic mass is 16.5. The number of ether oxygens (including phenoxy) is 2. The monoisotopic (exact) mass is 246 g/mol. The average Bonchev–Trinajstić information content (AvgIpc) is 2.91. The molecule has 0 spiro atoms. The molecule has 1 unspecified atom stereocenters. The van der Waals surface area contributed by atoms with Crippen LogP contribution in [-0.4, -0.2) is 31.0 Å². The summed E-state index contributed by atoms with van der Waals surface area (Å²) in [5.41, 5.74) is 2.12. The number of hydrogen-bond donors (Lipinski definition) is 1. The van der Waals surface area contributed by atoms with Gasteiger partial charge < -0.3 is 14.6 Å². The summed E-state index contributed by atoms with van der Waals surface area (Å²) < 4.78 is 11.0. The fraction of sp³-hybridized carbons (Fsp3) is 0.467. The minimum atomic E-state index is 0.113. The van der Waals surface area contributed by atoms with Gasteiger partial charge in [0.1, 0.15) is 0 Å². The van der Waals surface area contributed by atoms with Crippen LogP contribution in [0.2, 0.25) is 0 Å². The lowest BCUT2D eigenvalue weighted by Crippen LogP contribution is -2.11. The van der Waals surface area contributed by atoms with Gasteiger partial charge in [0.15, 0.2) is 0 Å². The van der Waals surface area contributed by atoms with Crippen LogP contribution in [-0.2, 0) is 16.1 Å². The molecule has 1 fully saturated rings. The molecule has 0 aromatic heterocycles. The Morgan fingerprint density at radius 1 is 1.33 bits per heavy atom. The van der Waals surface area contributed by atoms with Crippen LogP contribution < -0.4 is 0 Å². The molecule has 1 aliphatic heterocycles. The summed E-state index contributed by atoms with van der Waals surface area (Å²) in [6.45, 7) is 2.26. The molecule has 0 saturated carbocycles. The fourth-order valence-electron chi connectivity index (χ4n) is 1.76. The highest BCUT2D eigenvalue weighted by molar-refractivity contribution is 5.35. The summed E-state index contributed by atoms with van der Waals surface area (Å²) in [6, 6.07) is 8.01. The van der Waals surface area contributed by atoms with Gasteiger partial charge in [-0.1, -0.05) is 24.0 Å². The van der Waals surface area contributed by atoms with E-state index >= 15 is 0 Å². The molecule has 0 radical (unpaired) electrons. The van der Waals surface area contributed by atoms with Gasteiger partial charge in [-0.25, -0.2) is 0 Å². The zero-order valence-electron chi connectivity index (χ0n) is 10.4. The maximum Gasteiger partial charge on any atom is 0.0834 e. The lowest BCUT2D eigenvalue weighted by atomic mass is 10.1. The van der Waals surface area contributed by atoms with Gasteiger partial charge in [-0.2, -0.15) is 0 Å². The van der Waals surface area contributed by atoms with E-state index in [4.69, 9.17) is 14.6 Å². The van der Waals surface area contributed by atoms with Gasteiger partial charge in [0.05, 0.1) is 25.9 Å². The van der Waals surface area contributed by atoms with E-state index in [1.54, 1.807) is 0 Å². The first-order chi connectivity index (χ1) is 8.88. The van der Waals surface area contributed by atoms with E-state index in [1.165, 1.54) is 0 Å². The lowest BCUT2D eigenvalue weighted by molar-refractivity contribution is 0.0317. The van der Waals surface area contributed by atoms with Crippen molar-refractivity contribution >= 4 is 0 Å². The fourth-order valence-corrected chi connectivity index (χ4v) is 1.76. The van der Waals surface area contributed by atoms with E-state index in [0.717, 1.165) is 24.2 Å². The molecule has 1 aromatic rings. The molecule has 1 atom stereocenters. The molecule has 0 aliphatic carbocycles. The molecular formula is C15H18O3. The van der Waals surface area contributed by atoms with Gasteiger partial charge in [-0.05, 0) is 24.1 Å². The van der Waals surface area contributed by atoms with E-state index in [1.807, 2.05) is 24.3 Å². The van der Waals surface area contributed by atoms with Gasteiger partial charge in [0.2, 0.25) is 0 Å². The first-order valence-electron chi connectivity index (χ1n) is 6.26.